The van der Waals surface area contributed by atoms with Gasteiger partial charge < -0.3 is 15.1 Å². The Morgan fingerprint density at radius 1 is 1.23 bits per heavy atom. The van der Waals surface area contributed by atoms with Gasteiger partial charge in [0.25, 0.3) is 0 Å². The van der Waals surface area contributed by atoms with Gasteiger partial charge in [-0.2, -0.15) is 0 Å². The lowest BCUT2D eigenvalue weighted by Gasteiger charge is -2.22. The van der Waals surface area contributed by atoms with E-state index in [4.69, 9.17) is 11.6 Å². The maximum atomic E-state index is 12.3. The molecule has 0 unspecified atom stereocenters. The van der Waals surface area contributed by atoms with E-state index in [9.17, 15) is 9.59 Å². The maximum Gasteiger partial charge on any atom is 0.317 e. The van der Waals surface area contributed by atoms with Crippen LogP contribution in [0.3, 0.4) is 0 Å². The number of nitrogens with one attached hydrogen (secondary N) is 1. The molecule has 1 N–H and O–H groups in total. The van der Waals surface area contributed by atoms with Gasteiger partial charge in [0.2, 0.25) is 5.91 Å². The van der Waals surface area contributed by atoms with E-state index in [1.54, 1.807) is 4.90 Å². The first-order valence-electron chi connectivity index (χ1n) is 7.65. The molecule has 1 aliphatic heterocycles. The van der Waals surface area contributed by atoms with Gasteiger partial charge in [-0.1, -0.05) is 18.5 Å². The molecule has 0 aromatic carbocycles. The Morgan fingerprint density at radius 3 is 2.64 bits per heavy atom. The van der Waals surface area contributed by atoms with E-state index in [0.29, 0.717) is 43.5 Å². The number of hydrogen-bond acceptors (Lipinski definition) is 3. The second-order valence-corrected chi connectivity index (χ2v) is 7.14. The summed E-state index contributed by atoms with van der Waals surface area (Å²) in [7, 11) is 0. The van der Waals surface area contributed by atoms with Crippen molar-refractivity contribution in [1.82, 2.24) is 15.1 Å². The van der Waals surface area contributed by atoms with Crippen molar-refractivity contribution in [3.63, 3.8) is 0 Å². The van der Waals surface area contributed by atoms with Gasteiger partial charge in [-0.05, 0) is 25.0 Å². The standard InChI is InChI=1S/C15H22ClN3O2S/c1-2-6-17-15(21)19-8-3-7-18(9-10-19)14(20)11-12-4-5-13(16)22-12/h4-5H,2-3,6-11H2,1H3,(H,17,21). The Labute approximate surface area is 140 Å². The van der Waals surface area contributed by atoms with Gasteiger partial charge >= 0.3 is 6.03 Å². The number of amides is 3. The molecule has 2 rings (SSSR count). The normalized spacial score (nSPS) is 15.5. The minimum absolute atomic E-state index is 0.0267. The van der Waals surface area contributed by atoms with Gasteiger partial charge in [0, 0.05) is 37.6 Å². The molecule has 0 bridgehead atoms. The number of carbonyl (C=O) groups excluding carboxylic acids is 2. The number of nitrogens with zero attached hydrogens (tertiary/aromatic N) is 2. The van der Waals surface area contributed by atoms with Crippen LogP contribution in [0.25, 0.3) is 0 Å². The van der Waals surface area contributed by atoms with Gasteiger partial charge in [0.15, 0.2) is 0 Å². The number of thiophene rings is 1. The van der Waals surface area contributed by atoms with Crippen molar-refractivity contribution in [3.8, 4) is 0 Å². The SMILES string of the molecule is CCCNC(=O)N1CCCN(C(=O)Cc2ccc(Cl)s2)CC1. The highest BCUT2D eigenvalue weighted by Crippen LogP contribution is 2.22. The Morgan fingerprint density at radius 2 is 1.95 bits per heavy atom. The Balaban J connectivity index is 1.84. The van der Waals surface area contributed by atoms with Crippen LogP contribution in [0, 0.1) is 0 Å². The van der Waals surface area contributed by atoms with Crippen LogP contribution in [-0.4, -0.2) is 54.5 Å². The van der Waals surface area contributed by atoms with E-state index >= 15 is 0 Å². The molecule has 0 radical (unpaired) electrons. The molecular weight excluding hydrogens is 322 g/mol. The molecule has 3 amide bonds. The molecule has 22 heavy (non-hydrogen) atoms. The van der Waals surface area contributed by atoms with Crippen molar-refractivity contribution < 1.29 is 9.59 Å². The smallest absolute Gasteiger partial charge is 0.317 e. The third-order valence-electron chi connectivity index (χ3n) is 3.62. The summed E-state index contributed by atoms with van der Waals surface area (Å²) in [6.45, 7) is 5.31. The van der Waals surface area contributed by atoms with Crippen molar-refractivity contribution in [2.24, 2.45) is 0 Å². The van der Waals surface area contributed by atoms with E-state index < -0.39 is 0 Å². The average Bonchev–Trinajstić information content (AvgIpc) is 2.77. The zero-order valence-electron chi connectivity index (χ0n) is 12.8. The van der Waals surface area contributed by atoms with Crippen LogP contribution in [0.2, 0.25) is 4.34 Å². The summed E-state index contributed by atoms with van der Waals surface area (Å²) < 4.78 is 0.706. The highest BCUT2D eigenvalue weighted by atomic mass is 35.5. The van der Waals surface area contributed by atoms with E-state index in [0.717, 1.165) is 17.7 Å². The lowest BCUT2D eigenvalue weighted by atomic mass is 10.3. The van der Waals surface area contributed by atoms with Crippen LogP contribution >= 0.6 is 22.9 Å². The zero-order valence-corrected chi connectivity index (χ0v) is 14.4. The minimum Gasteiger partial charge on any atom is -0.341 e. The number of carbonyl (C=O) groups is 2. The van der Waals surface area contributed by atoms with Crippen molar-refractivity contribution in [1.29, 1.82) is 0 Å². The summed E-state index contributed by atoms with van der Waals surface area (Å²) in [5.74, 6) is 0.106. The van der Waals surface area contributed by atoms with Gasteiger partial charge in [0.05, 0.1) is 10.8 Å². The Bertz CT molecular complexity index is 521. The number of rotatable bonds is 4. The molecule has 2 heterocycles. The molecule has 1 aromatic rings. The van der Waals surface area contributed by atoms with E-state index in [1.807, 2.05) is 24.0 Å². The summed E-state index contributed by atoms with van der Waals surface area (Å²) >= 11 is 7.34. The molecule has 0 atom stereocenters. The fourth-order valence-corrected chi connectivity index (χ4v) is 3.50. The van der Waals surface area contributed by atoms with Gasteiger partial charge in [-0.3, -0.25) is 4.79 Å². The first-order valence-corrected chi connectivity index (χ1v) is 8.84. The second kappa shape index (κ2) is 8.39. The fourth-order valence-electron chi connectivity index (χ4n) is 2.42. The highest BCUT2D eigenvalue weighted by molar-refractivity contribution is 7.16. The number of halogens is 1. The summed E-state index contributed by atoms with van der Waals surface area (Å²) in [5, 5.41) is 2.89. The Kier molecular flexibility index (Phi) is 6.51. The largest absolute Gasteiger partial charge is 0.341 e. The van der Waals surface area contributed by atoms with Crippen LogP contribution in [0.1, 0.15) is 24.6 Å². The van der Waals surface area contributed by atoms with Crippen LogP contribution < -0.4 is 5.32 Å². The third kappa shape index (κ3) is 4.88. The van der Waals surface area contributed by atoms with Crippen molar-refractivity contribution in [3.05, 3.63) is 21.3 Å². The molecule has 1 fully saturated rings. The molecule has 0 spiro atoms. The summed E-state index contributed by atoms with van der Waals surface area (Å²) in [6.07, 6.45) is 2.13. The van der Waals surface area contributed by atoms with Crippen LogP contribution in [0.15, 0.2) is 12.1 Å². The topological polar surface area (TPSA) is 52.7 Å². The first-order chi connectivity index (χ1) is 10.6. The lowest BCUT2D eigenvalue weighted by Crippen LogP contribution is -2.43. The lowest BCUT2D eigenvalue weighted by molar-refractivity contribution is -0.130. The summed E-state index contributed by atoms with van der Waals surface area (Å²) in [6, 6.07) is 3.69. The first kappa shape index (κ1) is 17.1. The molecule has 1 saturated heterocycles. The third-order valence-corrected chi connectivity index (χ3v) is 4.85. The van der Waals surface area contributed by atoms with Gasteiger partial charge in [-0.15, -0.1) is 11.3 Å². The van der Waals surface area contributed by atoms with Crippen molar-refractivity contribution in [2.45, 2.75) is 26.2 Å². The van der Waals surface area contributed by atoms with Gasteiger partial charge in [0.1, 0.15) is 0 Å². The van der Waals surface area contributed by atoms with E-state index in [1.165, 1.54) is 11.3 Å². The van der Waals surface area contributed by atoms with Crippen molar-refractivity contribution in [2.75, 3.05) is 32.7 Å². The molecular formula is C15H22ClN3O2S. The zero-order chi connectivity index (χ0) is 15.9. The molecule has 1 aromatic heterocycles. The highest BCUT2D eigenvalue weighted by Gasteiger charge is 2.22. The second-order valence-electron chi connectivity index (χ2n) is 5.34. The van der Waals surface area contributed by atoms with E-state index in [2.05, 4.69) is 5.32 Å². The predicted molar refractivity (Wildman–Crippen MR) is 89.5 cm³/mol. The monoisotopic (exact) mass is 343 g/mol. The van der Waals surface area contributed by atoms with Crippen LogP contribution in [-0.2, 0) is 11.2 Å². The van der Waals surface area contributed by atoms with Crippen LogP contribution in [0.4, 0.5) is 4.79 Å². The summed E-state index contributed by atoms with van der Waals surface area (Å²) in [4.78, 5) is 29.0. The molecule has 1 aliphatic rings. The number of urea groups is 1. The van der Waals surface area contributed by atoms with Crippen LogP contribution in [0.5, 0.6) is 0 Å². The molecule has 5 nitrogen and oxygen atoms in total. The molecule has 122 valence electrons. The minimum atomic E-state index is -0.0267. The quantitative estimate of drug-likeness (QED) is 0.913. The molecule has 7 heteroatoms. The summed E-state index contributed by atoms with van der Waals surface area (Å²) in [5.41, 5.74) is 0. The van der Waals surface area contributed by atoms with Crippen molar-refractivity contribution >= 4 is 34.9 Å². The number of hydrogen-bond donors (Lipinski definition) is 1. The van der Waals surface area contributed by atoms with Gasteiger partial charge in [-0.25, -0.2) is 4.79 Å². The Hall–Kier alpha value is -1.27. The average molecular weight is 344 g/mol. The van der Waals surface area contributed by atoms with E-state index in [-0.39, 0.29) is 11.9 Å². The predicted octanol–water partition coefficient (Wildman–Crippen LogP) is 2.60. The fraction of sp³-hybridized carbons (Fsp3) is 0.600. The molecule has 0 aliphatic carbocycles. The maximum absolute atomic E-state index is 12.3. The molecule has 0 saturated carbocycles.